The Morgan fingerprint density at radius 3 is 2.38 bits per heavy atom. The lowest BCUT2D eigenvalue weighted by Gasteiger charge is -2.17. The van der Waals surface area contributed by atoms with Crippen LogP contribution in [0.3, 0.4) is 0 Å². The third-order valence-electron chi connectivity index (χ3n) is 7.51. The van der Waals surface area contributed by atoms with Gasteiger partial charge in [-0.15, -0.1) is 16.9 Å². The minimum absolute atomic E-state index is 0.156. The van der Waals surface area contributed by atoms with Gasteiger partial charge in [-0.3, -0.25) is 9.78 Å². The molecule has 2 aromatic rings. The molecule has 1 aliphatic rings. The molecule has 40 heavy (non-hydrogen) atoms. The zero-order valence-electron chi connectivity index (χ0n) is 23.4. The van der Waals surface area contributed by atoms with Crippen LogP contribution in [0.4, 0.5) is 13.2 Å². The molecule has 1 aliphatic carbocycles. The number of allylic oxidation sites excluding steroid dienone is 1. The molecule has 0 aliphatic heterocycles. The van der Waals surface area contributed by atoms with Gasteiger partial charge in [-0.25, -0.2) is 0 Å². The Kier molecular flexibility index (Phi) is 10.5. The van der Waals surface area contributed by atoms with E-state index in [-0.39, 0.29) is 11.1 Å². The Morgan fingerprint density at radius 1 is 1.12 bits per heavy atom. The molecule has 2 atom stereocenters. The van der Waals surface area contributed by atoms with Gasteiger partial charge in [0.2, 0.25) is 0 Å². The molecular weight excluding hydrogens is 533 g/mol. The summed E-state index contributed by atoms with van der Waals surface area (Å²) >= 11 is 1.60. The van der Waals surface area contributed by atoms with Crippen LogP contribution in [0.15, 0.2) is 77.1 Å². The van der Waals surface area contributed by atoms with Crippen LogP contribution >= 0.6 is 11.8 Å². The molecule has 1 heterocycles. The maximum absolute atomic E-state index is 12.9. The highest BCUT2D eigenvalue weighted by Crippen LogP contribution is 2.64. The Morgan fingerprint density at radius 2 is 1.82 bits per heavy atom. The molecule has 1 saturated carbocycles. The van der Waals surface area contributed by atoms with Crippen molar-refractivity contribution in [2.45, 2.75) is 71.4 Å². The van der Waals surface area contributed by atoms with Gasteiger partial charge in [0.25, 0.3) is 5.91 Å². The van der Waals surface area contributed by atoms with E-state index in [1.54, 1.807) is 42.2 Å². The largest absolute Gasteiger partial charge is 0.416 e. The number of hydrogen-bond acceptors (Lipinski definition) is 5. The average molecular weight is 571 g/mol. The highest BCUT2D eigenvalue weighted by Gasteiger charge is 2.52. The Bertz CT molecular complexity index is 1280. The lowest BCUT2D eigenvalue weighted by Crippen LogP contribution is -2.13. The summed E-state index contributed by atoms with van der Waals surface area (Å²) in [7, 11) is 0. The summed E-state index contributed by atoms with van der Waals surface area (Å²) in [5.41, 5.74) is 9.42. The van der Waals surface area contributed by atoms with Crippen LogP contribution < -0.4 is 5.73 Å². The van der Waals surface area contributed by atoms with Crippen LogP contribution in [-0.4, -0.2) is 27.4 Å². The number of carbonyl (C=O) groups is 1. The van der Waals surface area contributed by atoms with Crippen molar-refractivity contribution in [1.29, 1.82) is 0 Å². The SMILES string of the molecule is C=C(CCCS/C(=N/N=C(\C)c1ccc(C(N)=O)nc1)C(=C)C)CCC1(CC)CC1c1ccc(C(F)(F)F)cc1. The maximum Gasteiger partial charge on any atom is 0.416 e. The van der Waals surface area contributed by atoms with E-state index in [2.05, 4.69) is 35.3 Å². The van der Waals surface area contributed by atoms with E-state index in [0.717, 1.165) is 66.0 Å². The number of rotatable bonds is 13. The van der Waals surface area contributed by atoms with Gasteiger partial charge in [0.15, 0.2) is 0 Å². The predicted octanol–water partition coefficient (Wildman–Crippen LogP) is 8.33. The second kappa shape index (κ2) is 13.4. The van der Waals surface area contributed by atoms with Crippen LogP contribution in [-0.2, 0) is 6.18 Å². The summed E-state index contributed by atoms with van der Waals surface area (Å²) in [6.07, 6.45) is 3.03. The number of pyridine rings is 1. The summed E-state index contributed by atoms with van der Waals surface area (Å²) in [5, 5.41) is 9.46. The minimum Gasteiger partial charge on any atom is -0.364 e. The van der Waals surface area contributed by atoms with Crippen molar-refractivity contribution < 1.29 is 18.0 Å². The summed E-state index contributed by atoms with van der Waals surface area (Å²) in [4.78, 5) is 15.2. The van der Waals surface area contributed by atoms with E-state index in [1.807, 2.05) is 13.8 Å². The standard InChI is InChI=1S/C31H37F3N4OS/c1-6-30(18-26(30)23-9-12-25(13-10-23)31(32,33)34)16-15-21(4)8-7-17-40-29(20(2)3)38-37-22(5)24-11-14-27(28(35)39)36-19-24/h9-14,19,26H,2,4,6-8,15-18H2,1,3,5H3,(H2,35,39)/b37-22+,38-29+. The summed E-state index contributed by atoms with van der Waals surface area (Å²) in [6, 6.07) is 8.96. The van der Waals surface area contributed by atoms with Crippen molar-refractivity contribution in [3.8, 4) is 0 Å². The van der Waals surface area contributed by atoms with Crippen LogP contribution in [0.2, 0.25) is 0 Å². The number of carbonyl (C=O) groups excluding carboxylic acids is 1. The fourth-order valence-corrected chi connectivity index (χ4v) is 5.61. The van der Waals surface area contributed by atoms with Gasteiger partial charge in [-0.2, -0.15) is 18.3 Å². The quantitative estimate of drug-likeness (QED) is 0.0864. The van der Waals surface area contributed by atoms with Gasteiger partial charge >= 0.3 is 6.18 Å². The highest BCUT2D eigenvalue weighted by molar-refractivity contribution is 8.14. The average Bonchev–Trinajstić information content (AvgIpc) is 3.65. The van der Waals surface area contributed by atoms with Crippen LogP contribution in [0.5, 0.6) is 0 Å². The van der Waals surface area contributed by atoms with Gasteiger partial charge in [0.1, 0.15) is 10.7 Å². The third kappa shape index (κ3) is 8.40. The van der Waals surface area contributed by atoms with E-state index in [4.69, 9.17) is 5.73 Å². The molecule has 1 amide bonds. The number of hydrogen-bond donors (Lipinski definition) is 1. The van der Waals surface area contributed by atoms with Gasteiger partial charge in [-0.05, 0) is 105 Å². The number of thioether (sulfide) groups is 1. The van der Waals surface area contributed by atoms with Crippen molar-refractivity contribution >= 4 is 28.4 Å². The minimum atomic E-state index is -4.30. The number of alkyl halides is 3. The second-order valence-corrected chi connectivity index (χ2v) is 11.5. The first-order chi connectivity index (χ1) is 18.9. The van der Waals surface area contributed by atoms with Crippen LogP contribution in [0, 0.1) is 5.41 Å². The number of benzene rings is 1. The molecule has 2 unspecified atom stereocenters. The van der Waals surface area contributed by atoms with E-state index in [1.165, 1.54) is 17.7 Å². The van der Waals surface area contributed by atoms with Crippen LogP contribution in [0.25, 0.3) is 0 Å². The normalized spacial score (nSPS) is 19.4. The molecule has 2 N–H and O–H groups in total. The summed E-state index contributed by atoms with van der Waals surface area (Å²) in [5.74, 6) is 0.585. The molecule has 0 radical (unpaired) electrons. The topological polar surface area (TPSA) is 80.7 Å². The molecule has 1 aromatic carbocycles. The van der Waals surface area contributed by atoms with E-state index in [0.29, 0.717) is 11.6 Å². The number of nitrogens with zero attached hydrogens (tertiary/aromatic N) is 3. The Balaban J connectivity index is 1.45. The highest BCUT2D eigenvalue weighted by atomic mass is 32.2. The van der Waals surface area contributed by atoms with E-state index < -0.39 is 17.6 Å². The lowest BCUT2D eigenvalue weighted by molar-refractivity contribution is -0.137. The van der Waals surface area contributed by atoms with Crippen LogP contribution in [0.1, 0.15) is 92.4 Å². The Labute approximate surface area is 239 Å². The third-order valence-corrected chi connectivity index (χ3v) is 8.71. The van der Waals surface area contributed by atoms with Crippen molar-refractivity contribution in [3.05, 3.63) is 89.3 Å². The molecular formula is C31H37F3N4OS. The van der Waals surface area contributed by atoms with Gasteiger partial charge < -0.3 is 5.73 Å². The van der Waals surface area contributed by atoms with Crippen molar-refractivity contribution in [2.75, 3.05) is 5.75 Å². The molecule has 9 heteroatoms. The number of aromatic nitrogens is 1. The smallest absolute Gasteiger partial charge is 0.364 e. The fraction of sp³-hybridized carbons (Fsp3) is 0.419. The number of amides is 1. The Hall–Kier alpha value is -3.20. The molecule has 0 saturated heterocycles. The lowest BCUT2D eigenvalue weighted by atomic mass is 9.89. The molecule has 3 rings (SSSR count). The molecule has 0 bridgehead atoms. The van der Waals surface area contributed by atoms with Crippen molar-refractivity contribution in [2.24, 2.45) is 21.4 Å². The zero-order chi connectivity index (χ0) is 29.5. The van der Waals surface area contributed by atoms with Crippen molar-refractivity contribution in [1.82, 2.24) is 4.98 Å². The fourth-order valence-electron chi connectivity index (χ4n) is 4.78. The monoisotopic (exact) mass is 570 g/mol. The molecule has 5 nitrogen and oxygen atoms in total. The van der Waals surface area contributed by atoms with Gasteiger partial charge in [-0.1, -0.05) is 37.8 Å². The van der Waals surface area contributed by atoms with Gasteiger partial charge in [0.05, 0.1) is 11.3 Å². The van der Waals surface area contributed by atoms with Gasteiger partial charge in [0, 0.05) is 11.8 Å². The molecule has 0 spiro atoms. The van der Waals surface area contributed by atoms with Crippen molar-refractivity contribution in [3.63, 3.8) is 0 Å². The predicted molar refractivity (Wildman–Crippen MR) is 159 cm³/mol. The summed E-state index contributed by atoms with van der Waals surface area (Å²) in [6.45, 7) is 14.2. The molecule has 214 valence electrons. The first-order valence-corrected chi connectivity index (χ1v) is 14.4. The zero-order valence-corrected chi connectivity index (χ0v) is 24.2. The number of halogens is 3. The number of primary amides is 1. The molecule has 1 fully saturated rings. The maximum atomic E-state index is 12.9. The first-order valence-electron chi connectivity index (χ1n) is 13.4. The number of nitrogens with two attached hydrogens (primary N) is 1. The summed E-state index contributed by atoms with van der Waals surface area (Å²) < 4.78 is 38.7. The first kappa shape index (κ1) is 31.3. The van der Waals surface area contributed by atoms with E-state index in [9.17, 15) is 18.0 Å². The molecule has 1 aromatic heterocycles. The van der Waals surface area contributed by atoms with E-state index >= 15 is 0 Å². The second-order valence-electron chi connectivity index (χ2n) is 10.5.